The van der Waals surface area contributed by atoms with E-state index in [1.807, 2.05) is 36.7 Å². The van der Waals surface area contributed by atoms with E-state index in [1.165, 1.54) is 6.08 Å². The molecule has 0 atom stereocenters. The second-order valence-corrected chi connectivity index (χ2v) is 6.83. The molecular weight excluding hydrogens is 376 g/mol. The monoisotopic (exact) mass is 394 g/mol. The number of aromatic nitrogens is 4. The Morgan fingerprint density at radius 2 is 2.10 bits per heavy atom. The average Bonchev–Trinajstić information content (AvgIpc) is 3.18. The van der Waals surface area contributed by atoms with Gasteiger partial charge in [-0.3, -0.25) is 9.78 Å². The van der Waals surface area contributed by atoms with Crippen LogP contribution in [-0.4, -0.2) is 25.4 Å². The molecule has 1 amide bonds. The molecule has 0 aliphatic carbocycles. The minimum absolute atomic E-state index is 0.266. The van der Waals surface area contributed by atoms with Crippen molar-refractivity contribution < 1.29 is 4.79 Å². The summed E-state index contributed by atoms with van der Waals surface area (Å²) in [4.78, 5) is 26.2. The second-order valence-electron chi connectivity index (χ2n) is 6.83. The first-order chi connectivity index (χ1) is 14.6. The van der Waals surface area contributed by atoms with Gasteiger partial charge in [-0.15, -0.1) is 0 Å². The van der Waals surface area contributed by atoms with Gasteiger partial charge >= 0.3 is 0 Å². The molecule has 7 nitrogen and oxygen atoms in total. The number of nitriles is 1. The zero-order valence-electron chi connectivity index (χ0n) is 16.5. The molecule has 0 aliphatic rings. The van der Waals surface area contributed by atoms with Crippen LogP contribution >= 0.6 is 0 Å². The van der Waals surface area contributed by atoms with Gasteiger partial charge in [-0.2, -0.15) is 5.26 Å². The van der Waals surface area contributed by atoms with Crippen LogP contribution < -0.4 is 5.32 Å². The minimum Gasteiger partial charge on any atom is -0.332 e. The van der Waals surface area contributed by atoms with Crippen LogP contribution in [0, 0.1) is 18.3 Å². The van der Waals surface area contributed by atoms with Crippen molar-refractivity contribution in [1.29, 1.82) is 5.26 Å². The summed E-state index contributed by atoms with van der Waals surface area (Å²) in [7, 11) is 1.88. The van der Waals surface area contributed by atoms with Crippen molar-refractivity contribution in [2.24, 2.45) is 7.05 Å². The van der Waals surface area contributed by atoms with E-state index in [9.17, 15) is 4.79 Å². The number of anilines is 1. The van der Waals surface area contributed by atoms with E-state index >= 15 is 0 Å². The van der Waals surface area contributed by atoms with Gasteiger partial charge in [0.15, 0.2) is 0 Å². The van der Waals surface area contributed by atoms with Crippen LogP contribution in [0.3, 0.4) is 0 Å². The molecule has 146 valence electrons. The van der Waals surface area contributed by atoms with Gasteiger partial charge in [-0.1, -0.05) is 0 Å². The molecule has 0 saturated heterocycles. The maximum absolute atomic E-state index is 13.2. The number of nitrogens with zero attached hydrogens (tertiary/aromatic N) is 5. The largest absolute Gasteiger partial charge is 0.332 e. The van der Waals surface area contributed by atoms with Crippen molar-refractivity contribution in [1.82, 2.24) is 19.5 Å². The summed E-state index contributed by atoms with van der Waals surface area (Å²) in [6.07, 6.45) is 9.79. The number of amides is 1. The number of aryl methyl sites for hydroxylation is 2. The number of allylic oxidation sites excluding steroid dienone is 1. The summed E-state index contributed by atoms with van der Waals surface area (Å²) < 4.78 is 1.86. The number of hydrogen-bond acceptors (Lipinski definition) is 5. The lowest BCUT2D eigenvalue weighted by Gasteiger charge is -2.12. The molecule has 0 radical (unpaired) electrons. The predicted molar refractivity (Wildman–Crippen MR) is 116 cm³/mol. The predicted octanol–water partition coefficient (Wildman–Crippen LogP) is 4.13. The molecule has 3 aromatic heterocycles. The third-order valence-corrected chi connectivity index (χ3v) is 4.78. The fraction of sp³-hybridized carbons (Fsp3) is 0.0870. The van der Waals surface area contributed by atoms with Crippen molar-refractivity contribution in [3.05, 3.63) is 78.0 Å². The Hall–Kier alpha value is -4.31. The fourth-order valence-electron chi connectivity index (χ4n) is 3.26. The van der Waals surface area contributed by atoms with E-state index in [2.05, 4.69) is 15.3 Å². The lowest BCUT2D eigenvalue weighted by Crippen LogP contribution is -2.13. The summed E-state index contributed by atoms with van der Waals surface area (Å²) in [5.74, 6) is -0.266. The zero-order chi connectivity index (χ0) is 21.1. The molecule has 1 N–H and O–H groups in total. The van der Waals surface area contributed by atoms with Gasteiger partial charge in [-0.05, 0) is 54.5 Å². The number of nitrogens with one attached hydrogen (secondary N) is 1. The number of carbonyl (C=O) groups is 1. The molecule has 0 fully saturated rings. The van der Waals surface area contributed by atoms with Gasteiger partial charge in [0.2, 0.25) is 0 Å². The van der Waals surface area contributed by atoms with Crippen molar-refractivity contribution in [3.63, 3.8) is 0 Å². The summed E-state index contributed by atoms with van der Waals surface area (Å²) in [5, 5.41) is 12.5. The standard InChI is InChI=1S/C23H18N6O/c1-15-9-20-18(10-16(15)5-3-7-24)19(23(30)27-17-6-4-8-25-12-17)11-21(28-20)22-13-26-14-29(22)2/h3-6,8-14H,1-2H3,(H,27,30)/b5-3+. The first kappa shape index (κ1) is 19.0. The third kappa shape index (κ3) is 3.66. The fourth-order valence-corrected chi connectivity index (χ4v) is 3.26. The minimum atomic E-state index is -0.266. The average molecular weight is 394 g/mol. The normalized spacial score (nSPS) is 11.0. The van der Waals surface area contributed by atoms with Gasteiger partial charge in [0.25, 0.3) is 5.91 Å². The van der Waals surface area contributed by atoms with E-state index in [0.29, 0.717) is 27.8 Å². The van der Waals surface area contributed by atoms with Crippen LogP contribution in [-0.2, 0) is 7.05 Å². The van der Waals surface area contributed by atoms with Gasteiger partial charge in [0.1, 0.15) is 0 Å². The third-order valence-electron chi connectivity index (χ3n) is 4.78. The van der Waals surface area contributed by atoms with Gasteiger partial charge in [0.05, 0.1) is 52.9 Å². The Labute approximate surface area is 173 Å². The highest BCUT2D eigenvalue weighted by atomic mass is 16.1. The van der Waals surface area contributed by atoms with Crippen LogP contribution in [0.2, 0.25) is 0 Å². The Kier molecular flexibility index (Phi) is 5.06. The molecule has 0 aliphatic heterocycles. The van der Waals surface area contributed by atoms with Crippen LogP contribution in [0.1, 0.15) is 21.5 Å². The molecule has 0 bridgehead atoms. The SMILES string of the molecule is Cc1cc2nc(-c3cncn3C)cc(C(=O)Nc3cccnc3)c2cc1/C=C/C#N. The molecule has 30 heavy (non-hydrogen) atoms. The number of benzene rings is 1. The van der Waals surface area contributed by atoms with E-state index in [4.69, 9.17) is 10.2 Å². The first-order valence-electron chi connectivity index (χ1n) is 9.26. The molecule has 0 unspecified atom stereocenters. The number of pyridine rings is 2. The van der Waals surface area contributed by atoms with Gasteiger partial charge in [0, 0.05) is 24.7 Å². The highest BCUT2D eigenvalue weighted by Crippen LogP contribution is 2.28. The number of carbonyl (C=O) groups excluding carboxylic acids is 1. The summed E-state index contributed by atoms with van der Waals surface area (Å²) in [6.45, 7) is 1.95. The van der Waals surface area contributed by atoms with Crippen molar-refractivity contribution >= 4 is 28.6 Å². The molecule has 7 heteroatoms. The van der Waals surface area contributed by atoms with E-state index in [1.54, 1.807) is 49.2 Å². The number of rotatable bonds is 4. The highest BCUT2D eigenvalue weighted by Gasteiger charge is 2.17. The Balaban J connectivity index is 1.91. The number of fused-ring (bicyclic) bond motifs is 1. The van der Waals surface area contributed by atoms with Crippen LogP contribution in [0.5, 0.6) is 0 Å². The maximum Gasteiger partial charge on any atom is 0.256 e. The lowest BCUT2D eigenvalue weighted by atomic mass is 9.99. The zero-order valence-corrected chi connectivity index (χ0v) is 16.5. The molecule has 4 aromatic rings. The lowest BCUT2D eigenvalue weighted by molar-refractivity contribution is 0.102. The number of hydrogen-bond donors (Lipinski definition) is 1. The molecule has 0 spiro atoms. The smallest absolute Gasteiger partial charge is 0.256 e. The summed E-state index contributed by atoms with van der Waals surface area (Å²) in [6, 6.07) is 11.1. The Bertz CT molecular complexity index is 1320. The van der Waals surface area contributed by atoms with E-state index < -0.39 is 0 Å². The van der Waals surface area contributed by atoms with E-state index in [-0.39, 0.29) is 5.91 Å². The summed E-state index contributed by atoms with van der Waals surface area (Å²) >= 11 is 0. The van der Waals surface area contributed by atoms with Crippen LogP contribution in [0.15, 0.2) is 61.3 Å². The van der Waals surface area contributed by atoms with Crippen LogP contribution in [0.4, 0.5) is 5.69 Å². The first-order valence-corrected chi connectivity index (χ1v) is 9.26. The topological polar surface area (TPSA) is 96.5 Å². The van der Waals surface area contributed by atoms with Crippen molar-refractivity contribution in [2.75, 3.05) is 5.32 Å². The molecular formula is C23H18N6O. The molecule has 3 heterocycles. The Morgan fingerprint density at radius 3 is 2.80 bits per heavy atom. The Morgan fingerprint density at radius 1 is 1.23 bits per heavy atom. The summed E-state index contributed by atoms with van der Waals surface area (Å²) in [5.41, 5.74) is 5.04. The van der Waals surface area contributed by atoms with Gasteiger partial charge < -0.3 is 9.88 Å². The molecule has 4 rings (SSSR count). The number of imidazole rings is 1. The molecule has 0 saturated carbocycles. The van der Waals surface area contributed by atoms with E-state index in [0.717, 1.165) is 16.8 Å². The highest BCUT2D eigenvalue weighted by molar-refractivity contribution is 6.13. The van der Waals surface area contributed by atoms with Crippen molar-refractivity contribution in [3.8, 4) is 17.5 Å². The van der Waals surface area contributed by atoms with Crippen LogP contribution in [0.25, 0.3) is 28.4 Å². The second kappa shape index (κ2) is 7.97. The molecule has 1 aromatic carbocycles. The maximum atomic E-state index is 13.2. The van der Waals surface area contributed by atoms with Gasteiger partial charge in [-0.25, -0.2) is 9.97 Å². The van der Waals surface area contributed by atoms with Crippen molar-refractivity contribution in [2.45, 2.75) is 6.92 Å². The quantitative estimate of drug-likeness (QED) is 0.525.